The molecule has 0 fully saturated rings. The fourth-order valence-corrected chi connectivity index (χ4v) is 1.41. The average molecular weight is 228 g/mol. The third-order valence-electron chi connectivity index (χ3n) is 3.04. The van der Waals surface area contributed by atoms with Crippen molar-refractivity contribution >= 4 is 5.97 Å². The van der Waals surface area contributed by atoms with E-state index in [4.69, 9.17) is 4.74 Å². The van der Waals surface area contributed by atoms with Crippen LogP contribution < -0.4 is 0 Å². The maximum absolute atomic E-state index is 11.5. The Morgan fingerprint density at radius 2 is 1.62 bits per heavy atom. The average Bonchev–Trinajstić information content (AvgIpc) is 2.21. The lowest BCUT2D eigenvalue weighted by molar-refractivity contribution is -0.149. The van der Waals surface area contributed by atoms with Crippen molar-refractivity contribution in [2.75, 3.05) is 6.61 Å². The molecule has 0 bridgehead atoms. The summed E-state index contributed by atoms with van der Waals surface area (Å²) in [6, 6.07) is 0. The van der Waals surface area contributed by atoms with Crippen molar-refractivity contribution in [3.63, 3.8) is 0 Å². The Hall–Kier alpha value is -0.530. The predicted octanol–water partition coefficient (Wildman–Crippen LogP) is 4.04. The fraction of sp³-hybridized carbons (Fsp3) is 0.929. The molecule has 0 aliphatic carbocycles. The molecule has 0 aliphatic rings. The molecular formula is C14H28O2. The van der Waals surface area contributed by atoms with Gasteiger partial charge in [-0.15, -0.1) is 0 Å². The molecule has 0 N–H and O–H groups in total. The molecule has 0 rings (SSSR count). The number of carbonyl (C=O) groups is 1. The van der Waals surface area contributed by atoms with Gasteiger partial charge in [0.15, 0.2) is 0 Å². The molecule has 1 atom stereocenters. The number of carbonyl (C=O) groups excluding carboxylic acids is 1. The van der Waals surface area contributed by atoms with Gasteiger partial charge in [-0.2, -0.15) is 0 Å². The Kier molecular flexibility index (Phi) is 8.32. The number of unbranched alkanes of at least 4 members (excludes halogenated alkanes) is 2. The summed E-state index contributed by atoms with van der Waals surface area (Å²) in [5.74, 6) is 1.13. The standard InChI is InChI=1S/C14H28O2/c1-11(2)9-7-6-8-10-16-14(15)13(5)12(3)4/h11-13H,6-10H2,1-5H3. The number of hydrogen-bond acceptors (Lipinski definition) is 2. The molecule has 0 spiro atoms. The highest BCUT2D eigenvalue weighted by Crippen LogP contribution is 2.12. The molecule has 0 heterocycles. The molecule has 0 aromatic carbocycles. The van der Waals surface area contributed by atoms with Crippen LogP contribution in [0, 0.1) is 17.8 Å². The van der Waals surface area contributed by atoms with Crippen molar-refractivity contribution in [2.24, 2.45) is 17.8 Å². The molecule has 96 valence electrons. The van der Waals surface area contributed by atoms with Crippen molar-refractivity contribution < 1.29 is 9.53 Å². The first-order valence-electron chi connectivity index (χ1n) is 6.61. The van der Waals surface area contributed by atoms with E-state index in [1.54, 1.807) is 0 Å². The molecule has 0 saturated carbocycles. The summed E-state index contributed by atoms with van der Waals surface area (Å²) in [5.41, 5.74) is 0. The first kappa shape index (κ1) is 15.5. The van der Waals surface area contributed by atoms with Crippen molar-refractivity contribution in [2.45, 2.75) is 60.3 Å². The minimum Gasteiger partial charge on any atom is -0.465 e. The van der Waals surface area contributed by atoms with Gasteiger partial charge in [0.2, 0.25) is 0 Å². The molecule has 0 amide bonds. The van der Waals surface area contributed by atoms with Crippen LogP contribution in [-0.2, 0) is 9.53 Å². The SMILES string of the molecule is CC(C)CCCCCOC(=O)C(C)C(C)C. The first-order valence-corrected chi connectivity index (χ1v) is 6.61. The lowest BCUT2D eigenvalue weighted by atomic mass is 9.99. The van der Waals surface area contributed by atoms with Crippen molar-refractivity contribution in [1.82, 2.24) is 0 Å². The van der Waals surface area contributed by atoms with E-state index in [9.17, 15) is 4.79 Å². The lowest BCUT2D eigenvalue weighted by Crippen LogP contribution is -2.20. The van der Waals surface area contributed by atoms with Crippen molar-refractivity contribution in [3.8, 4) is 0 Å². The summed E-state index contributed by atoms with van der Waals surface area (Å²) in [6.45, 7) is 11.1. The number of esters is 1. The highest BCUT2D eigenvalue weighted by molar-refractivity contribution is 5.72. The van der Waals surface area contributed by atoms with E-state index < -0.39 is 0 Å². The number of ether oxygens (including phenoxy) is 1. The van der Waals surface area contributed by atoms with Gasteiger partial charge in [0, 0.05) is 0 Å². The van der Waals surface area contributed by atoms with E-state index in [0.29, 0.717) is 12.5 Å². The van der Waals surface area contributed by atoms with Crippen molar-refractivity contribution in [3.05, 3.63) is 0 Å². The van der Waals surface area contributed by atoms with Crippen LogP contribution in [0.15, 0.2) is 0 Å². The van der Waals surface area contributed by atoms with Gasteiger partial charge in [0.1, 0.15) is 0 Å². The van der Waals surface area contributed by atoms with Crippen LogP contribution in [0.25, 0.3) is 0 Å². The zero-order chi connectivity index (χ0) is 12.6. The zero-order valence-electron chi connectivity index (χ0n) is 11.6. The van der Waals surface area contributed by atoms with Crippen LogP contribution in [0.1, 0.15) is 60.3 Å². The molecule has 0 aromatic heterocycles. The Morgan fingerprint density at radius 1 is 1.00 bits per heavy atom. The number of hydrogen-bond donors (Lipinski definition) is 0. The monoisotopic (exact) mass is 228 g/mol. The smallest absolute Gasteiger partial charge is 0.308 e. The summed E-state index contributed by atoms with van der Waals surface area (Å²) in [7, 11) is 0. The van der Waals surface area contributed by atoms with Gasteiger partial charge in [0.25, 0.3) is 0 Å². The van der Waals surface area contributed by atoms with E-state index in [-0.39, 0.29) is 11.9 Å². The van der Waals surface area contributed by atoms with E-state index >= 15 is 0 Å². The third-order valence-corrected chi connectivity index (χ3v) is 3.04. The molecule has 1 unspecified atom stereocenters. The van der Waals surface area contributed by atoms with Gasteiger partial charge in [-0.25, -0.2) is 0 Å². The minimum atomic E-state index is -0.0427. The van der Waals surface area contributed by atoms with E-state index in [1.807, 2.05) is 6.92 Å². The van der Waals surface area contributed by atoms with Crippen LogP contribution in [0.5, 0.6) is 0 Å². The van der Waals surface area contributed by atoms with E-state index in [2.05, 4.69) is 27.7 Å². The van der Waals surface area contributed by atoms with Crippen LogP contribution >= 0.6 is 0 Å². The predicted molar refractivity (Wildman–Crippen MR) is 68.3 cm³/mol. The largest absolute Gasteiger partial charge is 0.465 e. The third kappa shape index (κ3) is 7.72. The molecular weight excluding hydrogens is 200 g/mol. The van der Waals surface area contributed by atoms with Gasteiger partial charge in [-0.05, 0) is 18.3 Å². The van der Waals surface area contributed by atoms with Crippen LogP contribution in [0.2, 0.25) is 0 Å². The molecule has 2 nitrogen and oxygen atoms in total. The lowest BCUT2D eigenvalue weighted by Gasteiger charge is -2.14. The van der Waals surface area contributed by atoms with Gasteiger partial charge in [-0.1, -0.05) is 53.9 Å². The van der Waals surface area contributed by atoms with Crippen molar-refractivity contribution in [1.29, 1.82) is 0 Å². The second-order valence-corrected chi connectivity index (χ2v) is 5.44. The molecule has 0 saturated heterocycles. The first-order chi connectivity index (χ1) is 7.45. The Labute approximate surface area is 101 Å². The summed E-state index contributed by atoms with van der Waals surface area (Å²) in [6.07, 6.45) is 4.69. The fourth-order valence-electron chi connectivity index (χ4n) is 1.41. The van der Waals surface area contributed by atoms with Crippen LogP contribution in [-0.4, -0.2) is 12.6 Å². The van der Waals surface area contributed by atoms with Gasteiger partial charge in [0.05, 0.1) is 12.5 Å². The highest BCUT2D eigenvalue weighted by atomic mass is 16.5. The topological polar surface area (TPSA) is 26.3 Å². The summed E-state index contributed by atoms with van der Waals surface area (Å²) < 4.78 is 5.23. The van der Waals surface area contributed by atoms with Gasteiger partial charge in [-0.3, -0.25) is 4.79 Å². The second-order valence-electron chi connectivity index (χ2n) is 5.44. The molecule has 0 radical (unpaired) electrons. The Balaban J connectivity index is 3.41. The van der Waals surface area contributed by atoms with Gasteiger partial charge < -0.3 is 4.74 Å². The van der Waals surface area contributed by atoms with Crippen LogP contribution in [0.4, 0.5) is 0 Å². The highest BCUT2D eigenvalue weighted by Gasteiger charge is 2.17. The summed E-state index contributed by atoms with van der Waals surface area (Å²) >= 11 is 0. The Bertz CT molecular complexity index is 185. The quantitative estimate of drug-likeness (QED) is 0.463. The molecule has 16 heavy (non-hydrogen) atoms. The molecule has 0 aromatic rings. The van der Waals surface area contributed by atoms with E-state index in [1.165, 1.54) is 19.3 Å². The normalized spacial score (nSPS) is 13.2. The maximum Gasteiger partial charge on any atom is 0.308 e. The van der Waals surface area contributed by atoms with Gasteiger partial charge >= 0.3 is 5.97 Å². The maximum atomic E-state index is 11.5. The van der Waals surface area contributed by atoms with E-state index in [0.717, 1.165) is 12.3 Å². The summed E-state index contributed by atoms with van der Waals surface area (Å²) in [5, 5.41) is 0. The summed E-state index contributed by atoms with van der Waals surface area (Å²) in [4.78, 5) is 11.5. The van der Waals surface area contributed by atoms with Crippen LogP contribution in [0.3, 0.4) is 0 Å². The number of rotatable bonds is 8. The zero-order valence-corrected chi connectivity index (χ0v) is 11.6. The molecule has 2 heteroatoms. The molecule has 0 aliphatic heterocycles. The minimum absolute atomic E-state index is 0.0238. The second kappa shape index (κ2) is 8.60. The Morgan fingerprint density at radius 3 is 2.12 bits per heavy atom.